The second-order valence-electron chi connectivity index (χ2n) is 5.66. The van der Waals surface area contributed by atoms with Crippen LogP contribution < -0.4 is 0 Å². The number of nitrogens with zero attached hydrogens (tertiary/aromatic N) is 2. The third kappa shape index (κ3) is 1.84. The number of alkyl halides is 1. The Morgan fingerprint density at radius 2 is 2.25 bits per heavy atom. The van der Waals surface area contributed by atoms with Gasteiger partial charge in [-0.15, -0.1) is 0 Å². The highest BCUT2D eigenvalue weighted by Crippen LogP contribution is 2.44. The van der Waals surface area contributed by atoms with Gasteiger partial charge in [-0.3, -0.25) is 9.80 Å². The first-order valence-electron chi connectivity index (χ1n) is 7.01. The van der Waals surface area contributed by atoms with Crippen LogP contribution in [0.4, 0.5) is 8.78 Å². The van der Waals surface area contributed by atoms with Gasteiger partial charge >= 0.3 is 0 Å². The number of hydrazine groups is 1. The highest BCUT2D eigenvalue weighted by Gasteiger charge is 2.54. The molecule has 0 aromatic heterocycles. The van der Waals surface area contributed by atoms with E-state index in [0.717, 1.165) is 12.0 Å². The first kappa shape index (κ1) is 13.5. The fourth-order valence-corrected chi connectivity index (χ4v) is 3.26. The summed E-state index contributed by atoms with van der Waals surface area (Å²) in [4.78, 5) is 12.6. The van der Waals surface area contributed by atoms with Crippen LogP contribution in [0, 0.1) is 11.2 Å². The Bertz CT molecular complexity index is 530. The third-order valence-corrected chi connectivity index (χ3v) is 4.57. The number of amides is 1. The van der Waals surface area contributed by atoms with E-state index in [1.54, 1.807) is 11.1 Å². The molecule has 0 spiro atoms. The van der Waals surface area contributed by atoms with E-state index in [2.05, 4.69) is 0 Å². The van der Waals surface area contributed by atoms with Gasteiger partial charge in [0.2, 0.25) is 5.91 Å². The topological polar surface area (TPSA) is 23.6 Å². The molecule has 2 heterocycles. The van der Waals surface area contributed by atoms with Crippen molar-refractivity contribution in [1.29, 1.82) is 0 Å². The van der Waals surface area contributed by atoms with E-state index in [9.17, 15) is 13.6 Å². The third-order valence-electron chi connectivity index (χ3n) is 4.57. The van der Waals surface area contributed by atoms with Crippen molar-refractivity contribution in [3.05, 3.63) is 35.6 Å². The lowest BCUT2D eigenvalue weighted by Gasteiger charge is -2.26. The molecule has 2 aliphatic heterocycles. The molecule has 3 nitrogen and oxygen atoms in total. The molecule has 2 saturated heterocycles. The van der Waals surface area contributed by atoms with Crippen molar-refractivity contribution in [3.63, 3.8) is 0 Å². The van der Waals surface area contributed by atoms with Crippen molar-refractivity contribution in [3.8, 4) is 0 Å². The molecule has 0 saturated carbocycles. The number of carbonyl (C=O) groups is 1. The Morgan fingerprint density at radius 1 is 1.45 bits per heavy atom. The largest absolute Gasteiger partial charge is 0.273 e. The highest BCUT2D eigenvalue weighted by molar-refractivity contribution is 5.85. The van der Waals surface area contributed by atoms with E-state index in [0.29, 0.717) is 19.5 Å². The monoisotopic (exact) mass is 280 g/mol. The van der Waals surface area contributed by atoms with Crippen LogP contribution in [0.2, 0.25) is 0 Å². The molecule has 2 aliphatic rings. The van der Waals surface area contributed by atoms with E-state index >= 15 is 0 Å². The quantitative estimate of drug-likeness (QED) is 0.850. The lowest BCUT2D eigenvalue weighted by molar-refractivity contribution is -0.143. The summed E-state index contributed by atoms with van der Waals surface area (Å²) in [6, 6.07) is 6.16. The molecule has 0 unspecified atom stereocenters. The van der Waals surface area contributed by atoms with Crippen LogP contribution in [0.25, 0.3) is 0 Å². The van der Waals surface area contributed by atoms with Gasteiger partial charge in [0.05, 0.1) is 11.5 Å². The SMILES string of the molecule is CC[C@]1(CF)CN2CC[C@H](c3cccc(F)c3)N2C1=O. The number of hydrogen-bond acceptors (Lipinski definition) is 2. The van der Waals surface area contributed by atoms with Gasteiger partial charge in [0.25, 0.3) is 0 Å². The van der Waals surface area contributed by atoms with E-state index in [1.807, 2.05) is 18.0 Å². The van der Waals surface area contributed by atoms with Crippen LogP contribution in [0.15, 0.2) is 24.3 Å². The minimum absolute atomic E-state index is 0.158. The summed E-state index contributed by atoms with van der Waals surface area (Å²) in [5.74, 6) is -0.464. The average Bonchev–Trinajstić information content (AvgIpc) is 2.98. The lowest BCUT2D eigenvalue weighted by Crippen LogP contribution is -2.38. The molecule has 20 heavy (non-hydrogen) atoms. The van der Waals surface area contributed by atoms with Gasteiger partial charge in [0.15, 0.2) is 0 Å². The molecule has 1 amide bonds. The second kappa shape index (κ2) is 4.81. The van der Waals surface area contributed by atoms with E-state index in [1.165, 1.54) is 12.1 Å². The Hall–Kier alpha value is -1.49. The standard InChI is InChI=1S/C15H18F2N2O/c1-2-15(9-16)10-18-7-6-13(19(18)14(15)20)11-4-3-5-12(17)8-11/h3-5,8,13H,2,6-7,9-10H2,1H3/t13-,15+/m1/s1. The molecule has 2 atom stereocenters. The molecule has 0 radical (unpaired) electrons. The minimum atomic E-state index is -0.911. The fourth-order valence-electron chi connectivity index (χ4n) is 3.26. The molecule has 0 aliphatic carbocycles. The smallest absolute Gasteiger partial charge is 0.247 e. The maximum Gasteiger partial charge on any atom is 0.247 e. The zero-order valence-corrected chi connectivity index (χ0v) is 11.5. The zero-order chi connectivity index (χ0) is 14.3. The first-order valence-corrected chi connectivity index (χ1v) is 7.01. The predicted molar refractivity (Wildman–Crippen MR) is 70.9 cm³/mol. The van der Waals surface area contributed by atoms with E-state index in [-0.39, 0.29) is 17.8 Å². The molecule has 0 N–H and O–H groups in total. The van der Waals surface area contributed by atoms with E-state index in [4.69, 9.17) is 0 Å². The summed E-state index contributed by atoms with van der Waals surface area (Å²) < 4.78 is 26.7. The molecule has 3 rings (SSSR count). The summed E-state index contributed by atoms with van der Waals surface area (Å²) in [5.41, 5.74) is -0.127. The first-order chi connectivity index (χ1) is 9.61. The summed E-state index contributed by atoms with van der Waals surface area (Å²) >= 11 is 0. The van der Waals surface area contributed by atoms with Crippen molar-refractivity contribution in [2.24, 2.45) is 5.41 Å². The second-order valence-corrected chi connectivity index (χ2v) is 5.66. The molecular weight excluding hydrogens is 262 g/mol. The molecular formula is C15H18F2N2O. The number of rotatable bonds is 3. The highest BCUT2D eigenvalue weighted by atomic mass is 19.1. The van der Waals surface area contributed by atoms with Gasteiger partial charge in [0.1, 0.15) is 12.5 Å². The van der Waals surface area contributed by atoms with Crippen LogP contribution in [-0.2, 0) is 4.79 Å². The van der Waals surface area contributed by atoms with Crippen LogP contribution in [-0.4, -0.2) is 35.7 Å². The van der Waals surface area contributed by atoms with Gasteiger partial charge in [-0.05, 0) is 30.5 Å². The normalized spacial score (nSPS) is 30.1. The number of carbonyl (C=O) groups excluding carboxylic acids is 1. The summed E-state index contributed by atoms with van der Waals surface area (Å²) in [6.07, 6.45) is 1.26. The number of fused-ring (bicyclic) bond motifs is 1. The van der Waals surface area contributed by atoms with Crippen LogP contribution in [0.5, 0.6) is 0 Å². The van der Waals surface area contributed by atoms with Crippen molar-refractivity contribution in [2.45, 2.75) is 25.8 Å². The van der Waals surface area contributed by atoms with E-state index < -0.39 is 12.1 Å². The molecule has 5 heteroatoms. The summed E-state index contributed by atoms with van der Waals surface area (Å²) in [5, 5.41) is 3.57. The van der Waals surface area contributed by atoms with Gasteiger partial charge in [0, 0.05) is 13.1 Å². The van der Waals surface area contributed by atoms with Crippen molar-refractivity contribution < 1.29 is 13.6 Å². The summed E-state index contributed by atoms with van der Waals surface area (Å²) in [7, 11) is 0. The number of halogens is 2. The molecule has 2 fully saturated rings. The van der Waals surface area contributed by atoms with Gasteiger partial charge in [-0.25, -0.2) is 13.8 Å². The van der Waals surface area contributed by atoms with Crippen LogP contribution >= 0.6 is 0 Å². The number of hydrogen-bond donors (Lipinski definition) is 0. The zero-order valence-electron chi connectivity index (χ0n) is 11.5. The molecule has 1 aromatic carbocycles. The molecule has 108 valence electrons. The van der Waals surface area contributed by atoms with Crippen molar-refractivity contribution in [2.75, 3.05) is 19.8 Å². The predicted octanol–water partition coefficient (Wildman–Crippen LogP) is 2.70. The molecule has 0 bridgehead atoms. The Labute approximate surface area is 117 Å². The average molecular weight is 280 g/mol. The maximum absolute atomic E-state index is 13.4. The summed E-state index contributed by atoms with van der Waals surface area (Å²) in [6.45, 7) is 2.36. The number of benzene rings is 1. The maximum atomic E-state index is 13.4. The Balaban J connectivity index is 1.92. The van der Waals surface area contributed by atoms with Gasteiger partial charge in [-0.2, -0.15) is 0 Å². The van der Waals surface area contributed by atoms with Crippen molar-refractivity contribution >= 4 is 5.91 Å². The van der Waals surface area contributed by atoms with Crippen LogP contribution in [0.1, 0.15) is 31.4 Å². The molecule has 1 aromatic rings. The Kier molecular flexibility index (Phi) is 3.24. The van der Waals surface area contributed by atoms with Crippen molar-refractivity contribution in [1.82, 2.24) is 10.0 Å². The fraction of sp³-hybridized carbons (Fsp3) is 0.533. The lowest BCUT2D eigenvalue weighted by atomic mass is 9.86. The Morgan fingerprint density at radius 3 is 2.90 bits per heavy atom. The van der Waals surface area contributed by atoms with Crippen LogP contribution in [0.3, 0.4) is 0 Å². The minimum Gasteiger partial charge on any atom is -0.273 e. The van der Waals surface area contributed by atoms with Gasteiger partial charge in [-0.1, -0.05) is 19.1 Å². The van der Waals surface area contributed by atoms with Gasteiger partial charge < -0.3 is 0 Å².